The normalized spacial score (nSPS) is 32.7. The standard InChI is InChI=1S/C12H14N2/c1-2-10(7-13-4-1)6-12-9-14-5-3-11(12)8-14/h1-2,4,6-7,11H,3,5,8-9H2/b12-6+. The Kier molecular flexibility index (Phi) is 1.88. The summed E-state index contributed by atoms with van der Waals surface area (Å²) >= 11 is 0. The van der Waals surface area contributed by atoms with Crippen LogP contribution < -0.4 is 0 Å². The largest absolute Gasteiger partial charge is 0.299 e. The minimum Gasteiger partial charge on any atom is -0.299 e. The van der Waals surface area contributed by atoms with Gasteiger partial charge in [-0.15, -0.1) is 0 Å². The number of aromatic nitrogens is 1. The summed E-state index contributed by atoms with van der Waals surface area (Å²) in [5.74, 6) is 0.829. The minimum absolute atomic E-state index is 0.829. The van der Waals surface area contributed by atoms with Crippen LogP contribution in [0.2, 0.25) is 0 Å². The number of fused-ring (bicyclic) bond motifs is 2. The molecule has 0 amide bonds. The van der Waals surface area contributed by atoms with Gasteiger partial charge in [-0.2, -0.15) is 0 Å². The maximum absolute atomic E-state index is 4.13. The monoisotopic (exact) mass is 186 g/mol. The molecule has 0 N–H and O–H groups in total. The average molecular weight is 186 g/mol. The Hall–Kier alpha value is -1.15. The van der Waals surface area contributed by atoms with Crippen LogP contribution in [0.4, 0.5) is 0 Å². The summed E-state index contributed by atoms with van der Waals surface area (Å²) in [4.78, 5) is 6.67. The SMILES string of the molecule is C(=C1/CN2CCC1C2)/c1cccnc1. The molecule has 2 unspecified atom stereocenters. The average Bonchev–Trinajstić information content (AvgIpc) is 2.81. The van der Waals surface area contributed by atoms with Gasteiger partial charge in [-0.25, -0.2) is 0 Å². The van der Waals surface area contributed by atoms with Crippen molar-refractivity contribution in [2.75, 3.05) is 19.6 Å². The van der Waals surface area contributed by atoms with Crippen LogP contribution in [-0.4, -0.2) is 29.5 Å². The highest BCUT2D eigenvalue weighted by Crippen LogP contribution is 2.33. The van der Waals surface area contributed by atoms with Crippen molar-refractivity contribution in [3.05, 3.63) is 35.7 Å². The Morgan fingerprint density at radius 1 is 1.50 bits per heavy atom. The predicted octanol–water partition coefficient (Wildman–Crippen LogP) is 1.80. The zero-order valence-electron chi connectivity index (χ0n) is 8.19. The lowest BCUT2D eigenvalue weighted by Crippen LogP contribution is -2.17. The Labute approximate surface area is 84.3 Å². The molecular weight excluding hydrogens is 172 g/mol. The quantitative estimate of drug-likeness (QED) is 0.665. The third-order valence-corrected chi connectivity index (χ3v) is 3.24. The molecule has 1 aromatic heterocycles. The second kappa shape index (κ2) is 3.21. The van der Waals surface area contributed by atoms with Gasteiger partial charge in [0.05, 0.1) is 0 Å². The van der Waals surface area contributed by atoms with E-state index >= 15 is 0 Å². The van der Waals surface area contributed by atoms with Gasteiger partial charge in [-0.05, 0) is 30.5 Å². The fraction of sp³-hybridized carbons (Fsp3) is 0.417. The highest BCUT2D eigenvalue weighted by Gasteiger charge is 2.32. The molecule has 3 heterocycles. The Morgan fingerprint density at radius 2 is 2.50 bits per heavy atom. The van der Waals surface area contributed by atoms with Gasteiger partial charge in [-0.1, -0.05) is 17.7 Å². The van der Waals surface area contributed by atoms with Gasteiger partial charge in [0, 0.05) is 25.5 Å². The molecule has 0 saturated carbocycles. The second-order valence-corrected chi connectivity index (χ2v) is 4.23. The molecule has 2 aliphatic rings. The lowest BCUT2D eigenvalue weighted by molar-refractivity contribution is 0.393. The molecule has 0 aliphatic carbocycles. The number of piperidine rings is 1. The van der Waals surface area contributed by atoms with E-state index in [1.54, 1.807) is 5.57 Å². The Bertz CT molecular complexity index is 356. The fourth-order valence-electron chi connectivity index (χ4n) is 2.51. The van der Waals surface area contributed by atoms with E-state index in [-0.39, 0.29) is 0 Å². The molecule has 2 saturated heterocycles. The number of hydrogen-bond donors (Lipinski definition) is 0. The first-order valence-corrected chi connectivity index (χ1v) is 5.25. The van der Waals surface area contributed by atoms with Gasteiger partial charge in [0.2, 0.25) is 0 Å². The van der Waals surface area contributed by atoms with Crippen molar-refractivity contribution in [3.63, 3.8) is 0 Å². The highest BCUT2D eigenvalue weighted by atomic mass is 15.2. The van der Waals surface area contributed by atoms with Crippen molar-refractivity contribution in [3.8, 4) is 0 Å². The summed E-state index contributed by atoms with van der Waals surface area (Å²) in [6.07, 6.45) is 7.43. The molecule has 2 nitrogen and oxygen atoms in total. The van der Waals surface area contributed by atoms with Crippen LogP contribution in [0.15, 0.2) is 30.1 Å². The molecule has 0 aromatic carbocycles. The topological polar surface area (TPSA) is 16.1 Å². The van der Waals surface area contributed by atoms with Crippen LogP contribution in [-0.2, 0) is 0 Å². The zero-order chi connectivity index (χ0) is 9.38. The van der Waals surface area contributed by atoms with E-state index in [0.29, 0.717) is 0 Å². The van der Waals surface area contributed by atoms with Crippen LogP contribution in [0.25, 0.3) is 6.08 Å². The van der Waals surface area contributed by atoms with E-state index in [2.05, 4.69) is 22.0 Å². The van der Waals surface area contributed by atoms with Crippen LogP contribution >= 0.6 is 0 Å². The number of pyridine rings is 1. The molecule has 3 rings (SSSR count). The Morgan fingerprint density at radius 3 is 3.14 bits per heavy atom. The van der Waals surface area contributed by atoms with Crippen LogP contribution in [0.5, 0.6) is 0 Å². The maximum Gasteiger partial charge on any atom is 0.0340 e. The molecule has 2 bridgehead atoms. The summed E-state index contributed by atoms with van der Waals surface area (Å²) in [5, 5.41) is 0. The van der Waals surface area contributed by atoms with E-state index < -0.39 is 0 Å². The molecule has 14 heavy (non-hydrogen) atoms. The van der Waals surface area contributed by atoms with Crippen molar-refractivity contribution in [1.29, 1.82) is 0 Å². The van der Waals surface area contributed by atoms with Crippen LogP contribution in [0.1, 0.15) is 12.0 Å². The summed E-state index contributed by atoms with van der Waals surface area (Å²) in [6.45, 7) is 3.76. The molecular formula is C12H14N2. The van der Waals surface area contributed by atoms with E-state index in [1.807, 2.05) is 18.5 Å². The van der Waals surface area contributed by atoms with E-state index in [0.717, 1.165) is 5.92 Å². The first-order valence-electron chi connectivity index (χ1n) is 5.25. The van der Waals surface area contributed by atoms with Crippen LogP contribution in [0.3, 0.4) is 0 Å². The molecule has 2 atom stereocenters. The van der Waals surface area contributed by atoms with Gasteiger partial charge in [-0.3, -0.25) is 9.88 Å². The van der Waals surface area contributed by atoms with Gasteiger partial charge in [0.1, 0.15) is 0 Å². The lowest BCUT2D eigenvalue weighted by atomic mass is 9.97. The summed E-state index contributed by atoms with van der Waals surface area (Å²) in [5.41, 5.74) is 2.85. The van der Waals surface area contributed by atoms with Crippen LogP contribution in [0, 0.1) is 5.92 Å². The van der Waals surface area contributed by atoms with Crippen molar-refractivity contribution in [2.45, 2.75) is 6.42 Å². The summed E-state index contributed by atoms with van der Waals surface area (Å²) in [7, 11) is 0. The lowest BCUT2D eigenvalue weighted by Gasteiger charge is -2.14. The molecule has 72 valence electrons. The van der Waals surface area contributed by atoms with E-state index in [9.17, 15) is 0 Å². The van der Waals surface area contributed by atoms with Gasteiger partial charge >= 0.3 is 0 Å². The van der Waals surface area contributed by atoms with Gasteiger partial charge in [0.15, 0.2) is 0 Å². The zero-order valence-corrected chi connectivity index (χ0v) is 8.19. The number of rotatable bonds is 1. The second-order valence-electron chi connectivity index (χ2n) is 4.23. The molecule has 2 fully saturated rings. The Balaban J connectivity index is 1.86. The first-order chi connectivity index (χ1) is 6.92. The third kappa shape index (κ3) is 1.36. The van der Waals surface area contributed by atoms with Crippen molar-refractivity contribution >= 4 is 6.08 Å². The molecule has 2 aliphatic heterocycles. The first kappa shape index (κ1) is 8.18. The highest BCUT2D eigenvalue weighted by molar-refractivity contribution is 5.53. The van der Waals surface area contributed by atoms with Crippen molar-refractivity contribution < 1.29 is 0 Å². The van der Waals surface area contributed by atoms with E-state index in [4.69, 9.17) is 0 Å². The smallest absolute Gasteiger partial charge is 0.0340 e. The molecule has 0 radical (unpaired) electrons. The molecule has 1 aromatic rings. The van der Waals surface area contributed by atoms with Crippen molar-refractivity contribution in [2.24, 2.45) is 5.92 Å². The van der Waals surface area contributed by atoms with Gasteiger partial charge in [0.25, 0.3) is 0 Å². The number of nitrogens with zero attached hydrogens (tertiary/aromatic N) is 2. The number of hydrogen-bond acceptors (Lipinski definition) is 2. The molecule has 2 heteroatoms. The maximum atomic E-state index is 4.13. The fourth-order valence-corrected chi connectivity index (χ4v) is 2.51. The molecule has 0 spiro atoms. The minimum atomic E-state index is 0.829. The summed E-state index contributed by atoms with van der Waals surface area (Å²) < 4.78 is 0. The summed E-state index contributed by atoms with van der Waals surface area (Å²) in [6, 6.07) is 4.13. The predicted molar refractivity (Wildman–Crippen MR) is 56.8 cm³/mol. The van der Waals surface area contributed by atoms with Crippen molar-refractivity contribution in [1.82, 2.24) is 9.88 Å². The van der Waals surface area contributed by atoms with Gasteiger partial charge < -0.3 is 0 Å². The van der Waals surface area contributed by atoms with E-state index in [1.165, 1.54) is 31.6 Å². The third-order valence-electron chi connectivity index (χ3n) is 3.24.